The van der Waals surface area contributed by atoms with Crippen LogP contribution >= 0.6 is 0 Å². The Kier molecular flexibility index (Phi) is 8.07. The maximum Gasteiger partial charge on any atom is 0.236 e. The first-order valence-electron chi connectivity index (χ1n) is 7.92. The van der Waals surface area contributed by atoms with Crippen molar-refractivity contribution in [2.45, 2.75) is 40.0 Å². The summed E-state index contributed by atoms with van der Waals surface area (Å²) >= 11 is 0. The molecule has 1 fully saturated rings. The zero-order valence-electron chi connectivity index (χ0n) is 13.0. The summed E-state index contributed by atoms with van der Waals surface area (Å²) in [4.78, 5) is 16.5. The van der Waals surface area contributed by atoms with Crippen molar-refractivity contribution in [3.05, 3.63) is 0 Å². The van der Waals surface area contributed by atoms with Crippen molar-refractivity contribution < 1.29 is 4.79 Å². The van der Waals surface area contributed by atoms with E-state index in [1.54, 1.807) is 0 Å². The van der Waals surface area contributed by atoms with Crippen LogP contribution < -0.4 is 5.32 Å². The minimum absolute atomic E-state index is 0.273. The number of hydrogen-bond donors (Lipinski definition) is 1. The van der Waals surface area contributed by atoms with Crippen LogP contribution in [0.25, 0.3) is 0 Å². The molecule has 0 aromatic rings. The van der Waals surface area contributed by atoms with E-state index in [0.29, 0.717) is 6.54 Å². The first-order chi connectivity index (χ1) is 9.21. The van der Waals surface area contributed by atoms with Gasteiger partial charge < -0.3 is 15.1 Å². The predicted molar refractivity (Wildman–Crippen MR) is 80.3 cm³/mol. The van der Waals surface area contributed by atoms with Gasteiger partial charge in [-0.25, -0.2) is 0 Å². The van der Waals surface area contributed by atoms with Gasteiger partial charge in [-0.05, 0) is 44.8 Å². The number of carbonyl (C=O) groups excluding carboxylic acids is 1. The largest absolute Gasteiger partial charge is 0.342 e. The van der Waals surface area contributed by atoms with Crippen LogP contribution in [0.15, 0.2) is 0 Å². The van der Waals surface area contributed by atoms with E-state index in [4.69, 9.17) is 0 Å². The summed E-state index contributed by atoms with van der Waals surface area (Å²) < 4.78 is 0. The minimum atomic E-state index is 0.273. The first-order valence-corrected chi connectivity index (χ1v) is 7.92. The monoisotopic (exact) mass is 269 g/mol. The van der Waals surface area contributed by atoms with Gasteiger partial charge >= 0.3 is 0 Å². The van der Waals surface area contributed by atoms with Gasteiger partial charge in [-0.2, -0.15) is 0 Å². The molecule has 1 amide bonds. The first kappa shape index (κ1) is 16.4. The average Bonchev–Trinajstić information content (AvgIpc) is 2.45. The molecular formula is C15H31N3O. The number of amides is 1. The topological polar surface area (TPSA) is 35.6 Å². The van der Waals surface area contributed by atoms with Crippen molar-refractivity contribution in [1.82, 2.24) is 15.1 Å². The highest BCUT2D eigenvalue weighted by Crippen LogP contribution is 2.18. The summed E-state index contributed by atoms with van der Waals surface area (Å²) in [5.74, 6) is 1.04. The molecule has 0 radical (unpaired) electrons. The van der Waals surface area contributed by atoms with Gasteiger partial charge in [-0.3, -0.25) is 4.79 Å². The van der Waals surface area contributed by atoms with Crippen molar-refractivity contribution in [2.24, 2.45) is 5.92 Å². The van der Waals surface area contributed by atoms with Crippen LogP contribution in [0, 0.1) is 5.92 Å². The highest BCUT2D eigenvalue weighted by Gasteiger charge is 2.23. The van der Waals surface area contributed by atoms with Crippen molar-refractivity contribution >= 4 is 5.91 Å². The Hall–Kier alpha value is -0.610. The van der Waals surface area contributed by atoms with Gasteiger partial charge in [0.25, 0.3) is 0 Å². The maximum absolute atomic E-state index is 12.0. The van der Waals surface area contributed by atoms with Gasteiger partial charge in [0.15, 0.2) is 0 Å². The minimum Gasteiger partial charge on any atom is -0.342 e. The Morgan fingerprint density at radius 2 is 1.84 bits per heavy atom. The highest BCUT2D eigenvalue weighted by atomic mass is 16.2. The third-order valence-corrected chi connectivity index (χ3v) is 4.08. The lowest BCUT2D eigenvalue weighted by Crippen LogP contribution is -2.44. The smallest absolute Gasteiger partial charge is 0.236 e. The van der Waals surface area contributed by atoms with E-state index in [-0.39, 0.29) is 5.91 Å². The zero-order valence-corrected chi connectivity index (χ0v) is 13.0. The molecule has 0 spiro atoms. The SMILES string of the molecule is CCCNCC(=O)N1CCC(CN(CC)CC)CC1. The number of hydrogen-bond acceptors (Lipinski definition) is 3. The number of rotatable bonds is 8. The quantitative estimate of drug-likeness (QED) is 0.679. The summed E-state index contributed by atoms with van der Waals surface area (Å²) in [5.41, 5.74) is 0. The second-order valence-corrected chi connectivity index (χ2v) is 5.49. The van der Waals surface area contributed by atoms with Crippen LogP contribution in [0.1, 0.15) is 40.0 Å². The molecule has 1 N–H and O–H groups in total. The number of likely N-dealkylation sites (tertiary alicyclic amines) is 1. The molecule has 4 heteroatoms. The fourth-order valence-corrected chi connectivity index (χ4v) is 2.70. The molecule has 112 valence electrons. The average molecular weight is 269 g/mol. The molecule has 4 nitrogen and oxygen atoms in total. The van der Waals surface area contributed by atoms with Gasteiger partial charge in [0.1, 0.15) is 0 Å². The van der Waals surface area contributed by atoms with Crippen molar-refractivity contribution in [1.29, 1.82) is 0 Å². The summed E-state index contributed by atoms with van der Waals surface area (Å²) in [7, 11) is 0. The van der Waals surface area contributed by atoms with Crippen LogP contribution in [-0.4, -0.2) is 61.5 Å². The van der Waals surface area contributed by atoms with E-state index in [9.17, 15) is 4.79 Å². The lowest BCUT2D eigenvalue weighted by Gasteiger charge is -2.34. The fraction of sp³-hybridized carbons (Fsp3) is 0.933. The van der Waals surface area contributed by atoms with Gasteiger partial charge in [0.2, 0.25) is 5.91 Å². The molecule has 1 aliphatic heterocycles. The second kappa shape index (κ2) is 9.32. The van der Waals surface area contributed by atoms with Crippen LogP contribution in [0.4, 0.5) is 0 Å². The molecular weight excluding hydrogens is 238 g/mol. The third-order valence-electron chi connectivity index (χ3n) is 4.08. The van der Waals surface area contributed by atoms with E-state index in [0.717, 1.165) is 57.9 Å². The van der Waals surface area contributed by atoms with Crippen molar-refractivity contribution in [3.8, 4) is 0 Å². The molecule has 1 aliphatic rings. The Labute approximate surface area is 118 Å². The summed E-state index contributed by atoms with van der Waals surface area (Å²) in [6.45, 7) is 13.4. The molecule has 0 saturated carbocycles. The summed E-state index contributed by atoms with van der Waals surface area (Å²) in [6, 6.07) is 0. The number of nitrogens with zero attached hydrogens (tertiary/aromatic N) is 2. The molecule has 0 atom stereocenters. The standard InChI is InChI=1S/C15H31N3O/c1-4-9-16-12-15(19)18-10-7-14(8-11-18)13-17(5-2)6-3/h14,16H,4-13H2,1-3H3. The van der Waals surface area contributed by atoms with Gasteiger partial charge in [-0.15, -0.1) is 0 Å². The summed E-state index contributed by atoms with van der Waals surface area (Å²) in [6.07, 6.45) is 3.41. The van der Waals surface area contributed by atoms with Crippen LogP contribution in [0.5, 0.6) is 0 Å². The molecule has 0 aromatic heterocycles. The molecule has 1 heterocycles. The predicted octanol–water partition coefficient (Wildman–Crippen LogP) is 1.57. The van der Waals surface area contributed by atoms with Crippen molar-refractivity contribution in [2.75, 3.05) is 45.8 Å². The molecule has 0 unspecified atom stereocenters. The fourth-order valence-electron chi connectivity index (χ4n) is 2.70. The Morgan fingerprint density at radius 3 is 2.37 bits per heavy atom. The van der Waals surface area contributed by atoms with Crippen LogP contribution in [-0.2, 0) is 4.79 Å². The zero-order chi connectivity index (χ0) is 14.1. The van der Waals surface area contributed by atoms with Crippen LogP contribution in [0.2, 0.25) is 0 Å². The molecule has 0 bridgehead atoms. The normalized spacial score (nSPS) is 17.2. The second-order valence-electron chi connectivity index (χ2n) is 5.49. The number of piperidine rings is 1. The van der Waals surface area contributed by atoms with E-state index in [1.807, 2.05) is 4.90 Å². The lowest BCUT2D eigenvalue weighted by molar-refractivity contribution is -0.131. The molecule has 1 saturated heterocycles. The number of nitrogens with one attached hydrogen (secondary N) is 1. The summed E-state index contributed by atoms with van der Waals surface area (Å²) in [5, 5.41) is 3.19. The van der Waals surface area contributed by atoms with Gasteiger partial charge in [0, 0.05) is 19.6 Å². The number of carbonyl (C=O) groups is 1. The maximum atomic E-state index is 12.0. The van der Waals surface area contributed by atoms with Gasteiger partial charge in [-0.1, -0.05) is 20.8 Å². The third kappa shape index (κ3) is 5.91. The van der Waals surface area contributed by atoms with Crippen LogP contribution in [0.3, 0.4) is 0 Å². The Bertz CT molecular complexity index is 246. The van der Waals surface area contributed by atoms with Crippen molar-refractivity contribution in [3.63, 3.8) is 0 Å². The molecule has 0 aliphatic carbocycles. The highest BCUT2D eigenvalue weighted by molar-refractivity contribution is 5.78. The van der Waals surface area contributed by atoms with E-state index in [2.05, 4.69) is 31.0 Å². The molecule has 1 rings (SSSR count). The van der Waals surface area contributed by atoms with E-state index < -0.39 is 0 Å². The van der Waals surface area contributed by atoms with E-state index in [1.165, 1.54) is 6.54 Å². The Morgan fingerprint density at radius 1 is 1.21 bits per heavy atom. The van der Waals surface area contributed by atoms with Gasteiger partial charge in [0.05, 0.1) is 6.54 Å². The lowest BCUT2D eigenvalue weighted by atomic mass is 9.96. The molecule has 19 heavy (non-hydrogen) atoms. The Balaban J connectivity index is 2.22. The molecule has 0 aromatic carbocycles. The van der Waals surface area contributed by atoms with E-state index >= 15 is 0 Å².